The average molecular weight is 287 g/mol. The van der Waals surface area contributed by atoms with E-state index in [1.807, 2.05) is 18.3 Å². The van der Waals surface area contributed by atoms with Crippen molar-refractivity contribution in [3.05, 3.63) is 47.7 Å². The summed E-state index contributed by atoms with van der Waals surface area (Å²) in [6.45, 7) is 5.56. The van der Waals surface area contributed by atoms with Gasteiger partial charge in [-0.25, -0.2) is 0 Å². The van der Waals surface area contributed by atoms with Crippen LogP contribution >= 0.6 is 0 Å². The summed E-state index contributed by atoms with van der Waals surface area (Å²) in [5.41, 5.74) is 4.39. The quantitative estimate of drug-likeness (QED) is 0.587. The number of fused-ring (bicyclic) bond motifs is 5. The lowest BCUT2D eigenvalue weighted by Crippen LogP contribution is -2.25. The Bertz CT molecular complexity index is 964. The summed E-state index contributed by atoms with van der Waals surface area (Å²) in [6.07, 6.45) is 1.98. The molecule has 4 rings (SSSR count). The molecule has 0 bridgehead atoms. The second-order valence-electron chi connectivity index (χ2n) is 6.73. The van der Waals surface area contributed by atoms with Gasteiger partial charge in [0, 0.05) is 35.2 Å². The van der Waals surface area contributed by atoms with Gasteiger partial charge in [-0.15, -0.1) is 0 Å². The van der Waals surface area contributed by atoms with Crippen LogP contribution in [-0.2, 0) is 5.41 Å². The van der Waals surface area contributed by atoms with E-state index in [1.54, 1.807) is 0 Å². The van der Waals surface area contributed by atoms with Crippen molar-refractivity contribution in [3.63, 3.8) is 0 Å². The fourth-order valence-electron chi connectivity index (χ4n) is 3.87. The Balaban J connectivity index is 2.18. The van der Waals surface area contributed by atoms with Gasteiger partial charge in [-0.3, -0.25) is 4.98 Å². The second kappa shape index (κ2) is 4.20. The van der Waals surface area contributed by atoms with Crippen LogP contribution in [0, 0.1) is 11.3 Å². The van der Waals surface area contributed by atoms with Crippen molar-refractivity contribution in [2.75, 3.05) is 18.5 Å². The summed E-state index contributed by atoms with van der Waals surface area (Å²) in [5.74, 6) is 0. The lowest BCUT2D eigenvalue weighted by Gasteiger charge is -2.20. The molecule has 0 amide bonds. The highest BCUT2D eigenvalue weighted by atomic mass is 15.1. The van der Waals surface area contributed by atoms with Crippen LogP contribution in [0.4, 0.5) is 5.69 Å². The number of hydrogen-bond donors (Lipinski definition) is 0. The summed E-state index contributed by atoms with van der Waals surface area (Å²) >= 11 is 0. The molecule has 1 aromatic heterocycles. The van der Waals surface area contributed by atoms with Crippen LogP contribution in [0.1, 0.15) is 25.0 Å². The highest BCUT2D eigenvalue weighted by Crippen LogP contribution is 2.44. The molecule has 0 unspecified atom stereocenters. The third-order valence-electron chi connectivity index (χ3n) is 4.72. The van der Waals surface area contributed by atoms with Crippen molar-refractivity contribution >= 4 is 27.4 Å². The van der Waals surface area contributed by atoms with E-state index < -0.39 is 0 Å². The van der Waals surface area contributed by atoms with Crippen LogP contribution in [0.3, 0.4) is 0 Å². The van der Waals surface area contributed by atoms with Gasteiger partial charge >= 0.3 is 0 Å². The number of benzene rings is 2. The molecule has 0 spiro atoms. The Morgan fingerprint density at radius 2 is 1.91 bits per heavy atom. The molecule has 22 heavy (non-hydrogen) atoms. The molecule has 0 N–H and O–H groups in total. The highest BCUT2D eigenvalue weighted by Gasteiger charge is 2.35. The Kier molecular flexibility index (Phi) is 2.50. The molecule has 0 saturated carbocycles. The van der Waals surface area contributed by atoms with Gasteiger partial charge in [-0.05, 0) is 11.6 Å². The standard InChI is InChI=1S/C19H17N3/c1-19(2)11-22(3)16-10-21-18-14-6-4-5-12(9-20)13(14)7-8-15(18)17(16)19/h4-8,10H,11H2,1-3H3. The van der Waals surface area contributed by atoms with Gasteiger partial charge in [0.25, 0.3) is 0 Å². The van der Waals surface area contributed by atoms with Crippen molar-refractivity contribution < 1.29 is 0 Å². The minimum Gasteiger partial charge on any atom is -0.372 e. The van der Waals surface area contributed by atoms with E-state index in [0.29, 0.717) is 5.56 Å². The van der Waals surface area contributed by atoms with Crippen molar-refractivity contribution in [2.45, 2.75) is 19.3 Å². The maximum absolute atomic E-state index is 9.30. The lowest BCUT2D eigenvalue weighted by atomic mass is 9.84. The molecule has 3 aromatic rings. The SMILES string of the molecule is CN1CC(C)(C)c2c1cnc1c2ccc2c(C#N)cccc21. The first-order chi connectivity index (χ1) is 10.5. The van der Waals surface area contributed by atoms with Gasteiger partial charge in [0.05, 0.1) is 29.0 Å². The van der Waals surface area contributed by atoms with Crippen molar-refractivity contribution in [1.82, 2.24) is 4.98 Å². The molecule has 1 aliphatic heterocycles. The first-order valence-corrected chi connectivity index (χ1v) is 7.49. The molecular weight excluding hydrogens is 270 g/mol. The maximum atomic E-state index is 9.30. The summed E-state index contributed by atoms with van der Waals surface area (Å²) in [4.78, 5) is 7.00. The minimum absolute atomic E-state index is 0.103. The smallest absolute Gasteiger partial charge is 0.0998 e. The van der Waals surface area contributed by atoms with Crippen molar-refractivity contribution in [2.24, 2.45) is 0 Å². The number of hydrogen-bond acceptors (Lipinski definition) is 3. The third kappa shape index (κ3) is 1.58. The number of anilines is 1. The number of rotatable bonds is 0. The van der Waals surface area contributed by atoms with Gasteiger partial charge in [0.2, 0.25) is 0 Å². The van der Waals surface area contributed by atoms with Crippen LogP contribution in [0.2, 0.25) is 0 Å². The van der Waals surface area contributed by atoms with E-state index in [0.717, 1.165) is 22.8 Å². The first kappa shape index (κ1) is 13.1. The van der Waals surface area contributed by atoms with Gasteiger partial charge in [0.1, 0.15) is 0 Å². The predicted octanol–water partition coefficient (Wildman–Crippen LogP) is 3.99. The molecule has 0 aliphatic carbocycles. The van der Waals surface area contributed by atoms with Crippen LogP contribution < -0.4 is 4.90 Å². The fraction of sp³-hybridized carbons (Fsp3) is 0.263. The van der Waals surface area contributed by atoms with Crippen LogP contribution in [0.25, 0.3) is 21.7 Å². The number of aromatic nitrogens is 1. The maximum Gasteiger partial charge on any atom is 0.0998 e. The number of likely N-dealkylation sites (N-methyl/N-ethyl adjacent to an activating group) is 1. The van der Waals surface area contributed by atoms with Crippen LogP contribution in [0.5, 0.6) is 0 Å². The summed E-state index contributed by atoms with van der Waals surface area (Å²) in [6, 6.07) is 12.3. The molecular formula is C19H17N3. The zero-order chi connectivity index (χ0) is 15.5. The molecule has 108 valence electrons. The molecule has 0 radical (unpaired) electrons. The van der Waals surface area contributed by atoms with E-state index in [4.69, 9.17) is 4.98 Å². The Morgan fingerprint density at radius 3 is 2.68 bits per heavy atom. The van der Waals surface area contributed by atoms with Crippen LogP contribution in [0.15, 0.2) is 36.5 Å². The molecule has 2 aromatic carbocycles. The summed E-state index contributed by atoms with van der Waals surface area (Å²) < 4.78 is 0. The number of nitrogens with zero attached hydrogens (tertiary/aromatic N) is 3. The Morgan fingerprint density at radius 1 is 1.14 bits per heavy atom. The summed E-state index contributed by atoms with van der Waals surface area (Å²) in [7, 11) is 2.12. The monoisotopic (exact) mass is 287 g/mol. The van der Waals surface area contributed by atoms with Crippen LogP contribution in [-0.4, -0.2) is 18.6 Å². The van der Waals surface area contributed by atoms with E-state index in [-0.39, 0.29) is 5.41 Å². The topological polar surface area (TPSA) is 39.9 Å². The molecule has 0 atom stereocenters. The van der Waals surface area contributed by atoms with E-state index in [1.165, 1.54) is 16.6 Å². The number of pyridine rings is 1. The van der Waals surface area contributed by atoms with Crippen molar-refractivity contribution in [1.29, 1.82) is 5.26 Å². The van der Waals surface area contributed by atoms with E-state index in [2.05, 4.69) is 50.1 Å². The minimum atomic E-state index is 0.103. The fourth-order valence-corrected chi connectivity index (χ4v) is 3.87. The van der Waals surface area contributed by atoms with Gasteiger partial charge in [0.15, 0.2) is 0 Å². The Hall–Kier alpha value is -2.60. The third-order valence-corrected chi connectivity index (χ3v) is 4.72. The zero-order valence-electron chi connectivity index (χ0n) is 13.0. The number of nitriles is 1. The zero-order valence-corrected chi connectivity index (χ0v) is 13.0. The normalized spacial score (nSPS) is 16.0. The van der Waals surface area contributed by atoms with E-state index in [9.17, 15) is 5.26 Å². The predicted molar refractivity (Wildman–Crippen MR) is 90.3 cm³/mol. The molecule has 1 aliphatic rings. The van der Waals surface area contributed by atoms with Gasteiger partial charge in [-0.1, -0.05) is 38.1 Å². The first-order valence-electron chi connectivity index (χ1n) is 7.49. The van der Waals surface area contributed by atoms with Gasteiger partial charge in [-0.2, -0.15) is 5.26 Å². The molecule has 3 heteroatoms. The van der Waals surface area contributed by atoms with E-state index >= 15 is 0 Å². The highest BCUT2D eigenvalue weighted by molar-refractivity contribution is 6.09. The summed E-state index contributed by atoms with van der Waals surface area (Å²) in [5, 5.41) is 12.5. The second-order valence-corrected chi connectivity index (χ2v) is 6.73. The van der Waals surface area contributed by atoms with Crippen molar-refractivity contribution in [3.8, 4) is 6.07 Å². The van der Waals surface area contributed by atoms with Gasteiger partial charge < -0.3 is 4.90 Å². The molecule has 3 nitrogen and oxygen atoms in total. The molecule has 2 heterocycles. The lowest BCUT2D eigenvalue weighted by molar-refractivity contribution is 0.567. The Labute approximate surface area is 129 Å². The largest absolute Gasteiger partial charge is 0.372 e. The molecule has 0 fully saturated rings. The average Bonchev–Trinajstić information content (AvgIpc) is 2.75. The molecule has 0 saturated heterocycles.